The maximum Gasteiger partial charge on any atom is 0.255 e. The Morgan fingerprint density at radius 3 is 2.30 bits per heavy atom. The predicted octanol–water partition coefficient (Wildman–Crippen LogP) is 1.57. The van der Waals surface area contributed by atoms with Gasteiger partial charge in [0, 0.05) is 31.0 Å². The summed E-state index contributed by atoms with van der Waals surface area (Å²) >= 11 is 0. The predicted molar refractivity (Wildman–Crippen MR) is 76.5 cm³/mol. The van der Waals surface area contributed by atoms with Crippen molar-refractivity contribution in [1.82, 2.24) is 24.9 Å². The number of carbonyl (C=O) groups is 1. The maximum atomic E-state index is 12.4. The number of aryl methyl sites for hydroxylation is 3. The van der Waals surface area contributed by atoms with Gasteiger partial charge in [0.05, 0.1) is 23.5 Å². The molecule has 0 bridgehead atoms. The lowest BCUT2D eigenvalue weighted by molar-refractivity contribution is 0.0938. The number of aromatic nitrogens is 4. The second kappa shape index (κ2) is 5.11. The first-order valence-electron chi connectivity index (χ1n) is 6.62. The quantitative estimate of drug-likeness (QED) is 0.924. The summed E-state index contributed by atoms with van der Waals surface area (Å²) in [5.41, 5.74) is 4.35. The molecule has 1 N–H and O–H groups in total. The van der Waals surface area contributed by atoms with E-state index in [0.29, 0.717) is 5.56 Å². The lowest BCUT2D eigenvalue weighted by Crippen LogP contribution is -2.27. The van der Waals surface area contributed by atoms with E-state index in [1.54, 1.807) is 15.6 Å². The zero-order valence-corrected chi connectivity index (χ0v) is 12.9. The zero-order chi connectivity index (χ0) is 15.0. The molecule has 6 nitrogen and oxygen atoms in total. The van der Waals surface area contributed by atoms with E-state index in [-0.39, 0.29) is 11.9 Å². The molecular formula is C14H21N5O. The van der Waals surface area contributed by atoms with E-state index in [1.165, 1.54) is 0 Å². The summed E-state index contributed by atoms with van der Waals surface area (Å²) in [5, 5.41) is 11.5. The van der Waals surface area contributed by atoms with Gasteiger partial charge in [-0.25, -0.2) is 0 Å². The molecule has 0 aliphatic carbocycles. The highest BCUT2D eigenvalue weighted by Crippen LogP contribution is 2.18. The van der Waals surface area contributed by atoms with Gasteiger partial charge in [-0.1, -0.05) is 0 Å². The third kappa shape index (κ3) is 2.33. The molecule has 0 saturated heterocycles. The molecule has 6 heteroatoms. The molecule has 2 aromatic heterocycles. The Bertz CT molecular complexity index is 653. The molecule has 108 valence electrons. The van der Waals surface area contributed by atoms with Gasteiger partial charge in [-0.3, -0.25) is 14.2 Å². The van der Waals surface area contributed by atoms with E-state index in [4.69, 9.17) is 0 Å². The fourth-order valence-electron chi connectivity index (χ4n) is 2.39. The highest BCUT2D eigenvalue weighted by atomic mass is 16.1. The molecule has 2 rings (SSSR count). The second-order valence-electron chi connectivity index (χ2n) is 5.17. The standard InChI is InChI=1S/C14H21N5O/c1-8(12-7-15-18(5)10(12)3)16-14(20)13-9(2)17-19(6)11(13)4/h7-8H,1-6H3,(H,16,20). The number of amides is 1. The molecule has 0 saturated carbocycles. The zero-order valence-electron chi connectivity index (χ0n) is 12.9. The molecule has 20 heavy (non-hydrogen) atoms. The lowest BCUT2D eigenvalue weighted by atomic mass is 10.1. The van der Waals surface area contributed by atoms with Crippen LogP contribution in [-0.4, -0.2) is 25.5 Å². The molecule has 1 unspecified atom stereocenters. The SMILES string of the molecule is Cc1nn(C)c(C)c1C(=O)NC(C)c1cnn(C)c1C. The third-order valence-corrected chi connectivity index (χ3v) is 3.82. The highest BCUT2D eigenvalue weighted by Gasteiger charge is 2.20. The van der Waals surface area contributed by atoms with Crippen LogP contribution < -0.4 is 5.32 Å². The Labute approximate surface area is 118 Å². The van der Waals surface area contributed by atoms with Gasteiger partial charge >= 0.3 is 0 Å². The highest BCUT2D eigenvalue weighted by molar-refractivity contribution is 5.96. The number of rotatable bonds is 3. The molecule has 0 spiro atoms. The van der Waals surface area contributed by atoms with E-state index >= 15 is 0 Å². The van der Waals surface area contributed by atoms with Crippen molar-refractivity contribution in [2.45, 2.75) is 33.7 Å². The molecule has 1 amide bonds. The largest absolute Gasteiger partial charge is 0.345 e. The first-order chi connectivity index (χ1) is 9.32. The lowest BCUT2D eigenvalue weighted by Gasteiger charge is -2.14. The van der Waals surface area contributed by atoms with E-state index in [2.05, 4.69) is 15.5 Å². The van der Waals surface area contributed by atoms with Crippen molar-refractivity contribution in [3.63, 3.8) is 0 Å². The summed E-state index contributed by atoms with van der Waals surface area (Å²) in [6, 6.07) is -0.0878. The molecule has 1 atom stereocenters. The van der Waals surface area contributed by atoms with Crippen molar-refractivity contribution in [3.05, 3.63) is 34.4 Å². The number of nitrogens with zero attached hydrogens (tertiary/aromatic N) is 4. The molecule has 0 aromatic carbocycles. The molecule has 0 aliphatic heterocycles. The van der Waals surface area contributed by atoms with Crippen LogP contribution >= 0.6 is 0 Å². The third-order valence-electron chi connectivity index (χ3n) is 3.82. The van der Waals surface area contributed by atoms with Crippen molar-refractivity contribution in [3.8, 4) is 0 Å². The van der Waals surface area contributed by atoms with Crippen LogP contribution in [0, 0.1) is 20.8 Å². The van der Waals surface area contributed by atoms with Gasteiger partial charge in [0.25, 0.3) is 5.91 Å². The Morgan fingerprint density at radius 2 is 1.85 bits per heavy atom. The van der Waals surface area contributed by atoms with Crippen LogP contribution in [-0.2, 0) is 14.1 Å². The van der Waals surface area contributed by atoms with Crippen molar-refractivity contribution >= 4 is 5.91 Å². The average Bonchev–Trinajstić information content (AvgIpc) is 2.81. The normalized spacial score (nSPS) is 12.5. The summed E-state index contributed by atoms with van der Waals surface area (Å²) in [6.45, 7) is 7.70. The monoisotopic (exact) mass is 275 g/mol. The van der Waals surface area contributed by atoms with Gasteiger partial charge in [0.15, 0.2) is 0 Å². The van der Waals surface area contributed by atoms with Crippen molar-refractivity contribution in [1.29, 1.82) is 0 Å². The van der Waals surface area contributed by atoms with Gasteiger partial charge in [0.2, 0.25) is 0 Å². The summed E-state index contributed by atoms with van der Waals surface area (Å²) < 4.78 is 3.53. The minimum atomic E-state index is -0.0937. The minimum absolute atomic E-state index is 0.0878. The van der Waals surface area contributed by atoms with Crippen LogP contribution in [0.15, 0.2) is 6.20 Å². The molecule has 2 aromatic rings. The Kier molecular flexibility index (Phi) is 3.65. The summed E-state index contributed by atoms with van der Waals surface area (Å²) in [7, 11) is 3.73. The first kappa shape index (κ1) is 14.3. The Morgan fingerprint density at radius 1 is 1.20 bits per heavy atom. The Balaban J connectivity index is 2.22. The number of carbonyl (C=O) groups excluding carboxylic acids is 1. The fraction of sp³-hybridized carbons (Fsp3) is 0.500. The molecule has 0 radical (unpaired) electrons. The van der Waals surface area contributed by atoms with E-state index in [1.807, 2.05) is 41.8 Å². The fourth-order valence-corrected chi connectivity index (χ4v) is 2.39. The molecule has 2 heterocycles. The summed E-state index contributed by atoms with van der Waals surface area (Å²) in [4.78, 5) is 12.4. The van der Waals surface area contributed by atoms with Crippen LogP contribution in [0.25, 0.3) is 0 Å². The number of nitrogens with one attached hydrogen (secondary N) is 1. The molecular weight excluding hydrogens is 254 g/mol. The first-order valence-corrected chi connectivity index (χ1v) is 6.62. The molecule has 0 fully saturated rings. The van der Waals surface area contributed by atoms with Crippen LogP contribution in [0.2, 0.25) is 0 Å². The van der Waals surface area contributed by atoms with Gasteiger partial charge in [-0.15, -0.1) is 0 Å². The van der Waals surface area contributed by atoms with Crippen LogP contribution in [0.1, 0.15) is 46.0 Å². The van der Waals surface area contributed by atoms with E-state index in [9.17, 15) is 4.79 Å². The molecule has 0 aliphatic rings. The van der Waals surface area contributed by atoms with Crippen LogP contribution in [0.5, 0.6) is 0 Å². The van der Waals surface area contributed by atoms with Gasteiger partial charge in [-0.2, -0.15) is 10.2 Å². The van der Waals surface area contributed by atoms with E-state index in [0.717, 1.165) is 22.6 Å². The van der Waals surface area contributed by atoms with E-state index < -0.39 is 0 Å². The number of hydrogen-bond acceptors (Lipinski definition) is 3. The second-order valence-corrected chi connectivity index (χ2v) is 5.17. The minimum Gasteiger partial charge on any atom is -0.345 e. The van der Waals surface area contributed by atoms with Crippen molar-refractivity contribution in [2.24, 2.45) is 14.1 Å². The Hall–Kier alpha value is -2.11. The number of hydrogen-bond donors (Lipinski definition) is 1. The van der Waals surface area contributed by atoms with Crippen LogP contribution in [0.4, 0.5) is 0 Å². The van der Waals surface area contributed by atoms with Gasteiger partial charge in [0.1, 0.15) is 0 Å². The van der Waals surface area contributed by atoms with Gasteiger partial charge in [-0.05, 0) is 27.7 Å². The van der Waals surface area contributed by atoms with Crippen LogP contribution in [0.3, 0.4) is 0 Å². The van der Waals surface area contributed by atoms with Gasteiger partial charge < -0.3 is 5.32 Å². The summed E-state index contributed by atoms with van der Waals surface area (Å²) in [6.07, 6.45) is 1.79. The average molecular weight is 275 g/mol. The maximum absolute atomic E-state index is 12.4. The smallest absolute Gasteiger partial charge is 0.255 e. The summed E-state index contributed by atoms with van der Waals surface area (Å²) in [5.74, 6) is -0.0937. The van der Waals surface area contributed by atoms with Crippen molar-refractivity contribution < 1.29 is 4.79 Å². The topological polar surface area (TPSA) is 64.7 Å². The van der Waals surface area contributed by atoms with Crippen molar-refractivity contribution in [2.75, 3.05) is 0 Å².